The third-order valence-electron chi connectivity index (χ3n) is 3.69. The van der Waals surface area contributed by atoms with Gasteiger partial charge in [-0.15, -0.1) is 11.3 Å². The van der Waals surface area contributed by atoms with E-state index >= 15 is 0 Å². The number of hydrogen-bond donors (Lipinski definition) is 1. The number of nitrogens with zero attached hydrogens (tertiary/aromatic N) is 1. The average molecular weight is 298 g/mol. The highest BCUT2D eigenvalue weighted by Gasteiger charge is 2.10. The Hall–Kier alpha value is -1.91. The fraction of sp³-hybridized carbons (Fsp3) is 0.235. The molecule has 3 rings (SSSR count). The second kappa shape index (κ2) is 5.84. The molecule has 108 valence electrons. The van der Waals surface area contributed by atoms with Gasteiger partial charge < -0.3 is 10.1 Å². The molecule has 0 aliphatic heterocycles. The van der Waals surface area contributed by atoms with Crippen molar-refractivity contribution in [2.75, 3.05) is 14.2 Å². The van der Waals surface area contributed by atoms with Crippen LogP contribution >= 0.6 is 11.3 Å². The number of fused-ring (bicyclic) bond motifs is 1. The van der Waals surface area contributed by atoms with E-state index in [4.69, 9.17) is 9.72 Å². The summed E-state index contributed by atoms with van der Waals surface area (Å²) < 4.78 is 5.26. The van der Waals surface area contributed by atoms with Gasteiger partial charge >= 0.3 is 0 Å². The quantitative estimate of drug-likeness (QED) is 0.782. The zero-order valence-electron chi connectivity index (χ0n) is 12.4. The van der Waals surface area contributed by atoms with Gasteiger partial charge in [0.1, 0.15) is 10.8 Å². The number of methoxy groups -OCH3 is 1. The molecule has 0 amide bonds. The fourth-order valence-electron chi connectivity index (χ4n) is 2.25. The minimum atomic E-state index is 0.278. The molecule has 1 atom stereocenters. The van der Waals surface area contributed by atoms with Crippen molar-refractivity contribution in [1.82, 2.24) is 10.3 Å². The van der Waals surface area contributed by atoms with Crippen LogP contribution in [0.3, 0.4) is 0 Å². The summed E-state index contributed by atoms with van der Waals surface area (Å²) in [5.74, 6) is 0.884. The van der Waals surface area contributed by atoms with Gasteiger partial charge in [-0.2, -0.15) is 0 Å². The summed E-state index contributed by atoms with van der Waals surface area (Å²) in [6.45, 7) is 2.12. The van der Waals surface area contributed by atoms with Gasteiger partial charge in [0.15, 0.2) is 0 Å². The van der Waals surface area contributed by atoms with Crippen LogP contribution in [0.25, 0.3) is 21.3 Å². The number of rotatable bonds is 4. The molecular weight excluding hydrogens is 280 g/mol. The molecule has 0 radical (unpaired) electrons. The van der Waals surface area contributed by atoms with Gasteiger partial charge in [0.2, 0.25) is 0 Å². The Kier molecular flexibility index (Phi) is 3.90. The normalized spacial score (nSPS) is 12.5. The molecule has 0 aliphatic rings. The van der Waals surface area contributed by atoms with Crippen LogP contribution in [0.15, 0.2) is 41.8 Å². The number of aromatic nitrogens is 1. The lowest BCUT2D eigenvalue weighted by atomic mass is 10.1. The highest BCUT2D eigenvalue weighted by atomic mass is 32.1. The summed E-state index contributed by atoms with van der Waals surface area (Å²) in [6.07, 6.45) is 0. The van der Waals surface area contributed by atoms with Crippen molar-refractivity contribution in [2.45, 2.75) is 13.0 Å². The van der Waals surface area contributed by atoms with Gasteiger partial charge in [0.25, 0.3) is 0 Å². The number of ether oxygens (including phenoxy) is 1. The molecule has 1 heterocycles. The first-order chi connectivity index (χ1) is 10.2. The molecule has 1 aromatic heterocycles. The monoisotopic (exact) mass is 298 g/mol. The first-order valence-corrected chi connectivity index (χ1v) is 7.80. The lowest BCUT2D eigenvalue weighted by Crippen LogP contribution is -2.12. The number of hydrogen-bond acceptors (Lipinski definition) is 4. The third-order valence-corrected chi connectivity index (χ3v) is 4.60. The van der Waals surface area contributed by atoms with E-state index in [9.17, 15) is 0 Å². The van der Waals surface area contributed by atoms with E-state index in [1.54, 1.807) is 18.4 Å². The van der Waals surface area contributed by atoms with Crippen molar-refractivity contribution in [2.24, 2.45) is 0 Å². The van der Waals surface area contributed by atoms with E-state index < -0.39 is 0 Å². The maximum atomic E-state index is 5.26. The van der Waals surface area contributed by atoms with Gasteiger partial charge in [-0.25, -0.2) is 4.98 Å². The van der Waals surface area contributed by atoms with Gasteiger partial charge in [-0.05, 0) is 42.9 Å². The largest absolute Gasteiger partial charge is 0.497 e. The van der Waals surface area contributed by atoms with E-state index in [1.807, 2.05) is 13.1 Å². The van der Waals surface area contributed by atoms with Crippen molar-refractivity contribution in [3.8, 4) is 16.3 Å². The number of thiazole rings is 1. The predicted octanol–water partition coefficient (Wildman–Crippen LogP) is 4.25. The Balaban J connectivity index is 1.99. The molecule has 3 nitrogen and oxygen atoms in total. The van der Waals surface area contributed by atoms with Crippen LogP contribution in [0, 0.1) is 0 Å². The topological polar surface area (TPSA) is 34.1 Å². The Morgan fingerprint density at radius 2 is 1.90 bits per heavy atom. The minimum absolute atomic E-state index is 0.278. The second-order valence-corrected chi connectivity index (χ2v) is 5.87. The van der Waals surface area contributed by atoms with E-state index in [-0.39, 0.29) is 6.04 Å². The van der Waals surface area contributed by atoms with Crippen LogP contribution in [0.1, 0.15) is 18.7 Å². The van der Waals surface area contributed by atoms with E-state index in [1.165, 1.54) is 10.8 Å². The summed E-state index contributed by atoms with van der Waals surface area (Å²) in [5.41, 5.74) is 2.25. The molecule has 2 aromatic carbocycles. The first kappa shape index (κ1) is 14.0. The lowest BCUT2D eigenvalue weighted by Gasteiger charge is -2.06. The number of benzene rings is 2. The van der Waals surface area contributed by atoms with Crippen molar-refractivity contribution in [3.05, 3.63) is 47.5 Å². The van der Waals surface area contributed by atoms with Crippen LogP contribution in [0.5, 0.6) is 5.75 Å². The number of nitrogens with one attached hydrogen (secondary N) is 1. The molecule has 1 unspecified atom stereocenters. The van der Waals surface area contributed by atoms with Crippen LogP contribution in [-0.2, 0) is 0 Å². The van der Waals surface area contributed by atoms with Gasteiger partial charge in [-0.3, -0.25) is 0 Å². The molecule has 3 aromatic rings. The molecule has 0 saturated carbocycles. The molecule has 0 bridgehead atoms. The average Bonchev–Trinajstić information content (AvgIpc) is 3.03. The van der Waals surface area contributed by atoms with E-state index in [2.05, 4.69) is 48.0 Å². The highest BCUT2D eigenvalue weighted by Crippen LogP contribution is 2.30. The summed E-state index contributed by atoms with van der Waals surface area (Å²) >= 11 is 1.69. The molecule has 0 spiro atoms. The third kappa shape index (κ3) is 2.77. The standard InChI is InChI=1S/C17H18N2OS/c1-11(18-2)16-10-21-17(19-16)14-5-4-13-9-15(20-3)7-6-12(13)8-14/h4-11,18H,1-3H3. The Bertz CT molecular complexity index is 766. The van der Waals surface area contributed by atoms with Crippen LogP contribution in [-0.4, -0.2) is 19.1 Å². The van der Waals surface area contributed by atoms with Crippen molar-refractivity contribution < 1.29 is 4.74 Å². The molecule has 0 saturated heterocycles. The van der Waals surface area contributed by atoms with Gasteiger partial charge in [0.05, 0.1) is 12.8 Å². The molecule has 21 heavy (non-hydrogen) atoms. The summed E-state index contributed by atoms with van der Waals surface area (Å²) in [7, 11) is 3.64. The summed E-state index contributed by atoms with van der Waals surface area (Å²) in [5, 5.41) is 8.78. The zero-order chi connectivity index (χ0) is 14.8. The zero-order valence-corrected chi connectivity index (χ0v) is 13.2. The molecule has 4 heteroatoms. The SMILES string of the molecule is CNC(C)c1csc(-c2ccc3cc(OC)ccc3c2)n1. The molecule has 0 fully saturated rings. The maximum absolute atomic E-state index is 5.26. The lowest BCUT2D eigenvalue weighted by molar-refractivity contribution is 0.415. The van der Waals surface area contributed by atoms with Crippen molar-refractivity contribution >= 4 is 22.1 Å². The Morgan fingerprint density at radius 3 is 2.67 bits per heavy atom. The first-order valence-electron chi connectivity index (χ1n) is 6.92. The van der Waals surface area contributed by atoms with Gasteiger partial charge in [-0.1, -0.05) is 18.2 Å². The van der Waals surface area contributed by atoms with Crippen molar-refractivity contribution in [1.29, 1.82) is 0 Å². The van der Waals surface area contributed by atoms with Gasteiger partial charge in [0, 0.05) is 17.0 Å². The fourth-order valence-corrected chi connectivity index (χ4v) is 3.16. The van der Waals surface area contributed by atoms with Crippen LogP contribution < -0.4 is 10.1 Å². The summed E-state index contributed by atoms with van der Waals surface area (Å²) in [4.78, 5) is 4.72. The van der Waals surface area contributed by atoms with E-state index in [0.717, 1.165) is 22.0 Å². The van der Waals surface area contributed by atoms with Crippen LogP contribution in [0.4, 0.5) is 0 Å². The van der Waals surface area contributed by atoms with E-state index in [0.29, 0.717) is 0 Å². The predicted molar refractivity (Wildman–Crippen MR) is 89.1 cm³/mol. The van der Waals surface area contributed by atoms with Crippen LogP contribution in [0.2, 0.25) is 0 Å². The highest BCUT2D eigenvalue weighted by molar-refractivity contribution is 7.13. The summed E-state index contributed by atoms with van der Waals surface area (Å²) in [6, 6.07) is 12.8. The second-order valence-electron chi connectivity index (χ2n) is 5.02. The van der Waals surface area contributed by atoms with Crippen molar-refractivity contribution in [3.63, 3.8) is 0 Å². The molecular formula is C17H18N2OS. The maximum Gasteiger partial charge on any atom is 0.123 e. The Morgan fingerprint density at radius 1 is 1.14 bits per heavy atom. The smallest absolute Gasteiger partial charge is 0.123 e. The Labute approximate surface area is 128 Å². The molecule has 1 N–H and O–H groups in total. The molecule has 0 aliphatic carbocycles. The minimum Gasteiger partial charge on any atom is -0.497 e.